The molecule has 1 fully saturated rings. The lowest BCUT2D eigenvalue weighted by atomic mass is 9.98. The second-order valence-corrected chi connectivity index (χ2v) is 5.31. The van der Waals surface area contributed by atoms with Gasteiger partial charge in [0.25, 0.3) is 0 Å². The molecule has 1 aliphatic rings. The minimum absolute atomic E-state index is 0.372. The third kappa shape index (κ3) is 5.61. The standard InChI is InChI=1S/C14H24N2O5/c1-3-10-5-4-7-16(8-6-10)14(20)15-11(13(18)19)9-12(17)21-2/h10-11H,3-9H2,1-2H3,(H,15,20)(H,18,19)/t10?,11-/m0/s1. The topological polar surface area (TPSA) is 95.9 Å². The number of hydrogen-bond donors (Lipinski definition) is 2. The van der Waals surface area contributed by atoms with E-state index in [1.54, 1.807) is 4.90 Å². The van der Waals surface area contributed by atoms with Gasteiger partial charge in [0.1, 0.15) is 6.04 Å². The molecule has 2 N–H and O–H groups in total. The van der Waals surface area contributed by atoms with Crippen molar-refractivity contribution in [1.82, 2.24) is 10.2 Å². The summed E-state index contributed by atoms with van der Waals surface area (Å²) >= 11 is 0. The van der Waals surface area contributed by atoms with Crippen molar-refractivity contribution in [1.29, 1.82) is 0 Å². The van der Waals surface area contributed by atoms with Crippen LogP contribution in [0.3, 0.4) is 0 Å². The van der Waals surface area contributed by atoms with E-state index in [0.29, 0.717) is 19.0 Å². The van der Waals surface area contributed by atoms with Crippen LogP contribution in [-0.2, 0) is 14.3 Å². The minimum atomic E-state index is -1.25. The molecule has 1 saturated heterocycles. The van der Waals surface area contributed by atoms with Gasteiger partial charge in [-0.05, 0) is 25.2 Å². The van der Waals surface area contributed by atoms with Gasteiger partial charge in [-0.25, -0.2) is 9.59 Å². The van der Waals surface area contributed by atoms with E-state index in [0.717, 1.165) is 25.7 Å². The fourth-order valence-corrected chi connectivity index (χ4v) is 2.47. The van der Waals surface area contributed by atoms with Gasteiger partial charge in [0.05, 0.1) is 13.5 Å². The summed E-state index contributed by atoms with van der Waals surface area (Å²) in [4.78, 5) is 36.0. The highest BCUT2D eigenvalue weighted by molar-refractivity contribution is 5.86. The molecule has 0 saturated carbocycles. The summed E-state index contributed by atoms with van der Waals surface area (Å²) in [5.74, 6) is -1.28. The lowest BCUT2D eigenvalue weighted by molar-refractivity contribution is -0.147. The maximum absolute atomic E-state index is 12.1. The lowest BCUT2D eigenvalue weighted by Gasteiger charge is -2.23. The maximum atomic E-state index is 12.1. The van der Waals surface area contributed by atoms with Gasteiger partial charge in [0, 0.05) is 13.1 Å². The molecular formula is C14H24N2O5. The Labute approximate surface area is 124 Å². The van der Waals surface area contributed by atoms with Gasteiger partial charge in [-0.15, -0.1) is 0 Å². The molecule has 120 valence electrons. The van der Waals surface area contributed by atoms with Crippen LogP contribution in [0.2, 0.25) is 0 Å². The van der Waals surface area contributed by atoms with Gasteiger partial charge in [-0.2, -0.15) is 0 Å². The monoisotopic (exact) mass is 300 g/mol. The van der Waals surface area contributed by atoms with Crippen molar-refractivity contribution in [3.05, 3.63) is 0 Å². The minimum Gasteiger partial charge on any atom is -0.480 e. The Morgan fingerprint density at radius 1 is 1.33 bits per heavy atom. The molecular weight excluding hydrogens is 276 g/mol. The summed E-state index contributed by atoms with van der Waals surface area (Å²) in [6.07, 6.45) is 3.66. The van der Waals surface area contributed by atoms with Crippen LogP contribution in [0.4, 0.5) is 4.79 Å². The first-order chi connectivity index (χ1) is 9.97. The number of amides is 2. The lowest BCUT2D eigenvalue weighted by Crippen LogP contribution is -2.49. The number of esters is 1. The Morgan fingerprint density at radius 2 is 2.05 bits per heavy atom. The quantitative estimate of drug-likeness (QED) is 0.744. The van der Waals surface area contributed by atoms with Crippen LogP contribution in [0, 0.1) is 5.92 Å². The van der Waals surface area contributed by atoms with Crippen molar-refractivity contribution in [2.75, 3.05) is 20.2 Å². The average molecular weight is 300 g/mol. The Bertz CT molecular complexity index is 386. The summed E-state index contributed by atoms with van der Waals surface area (Å²) in [5.41, 5.74) is 0. The third-order valence-corrected chi connectivity index (χ3v) is 3.91. The number of rotatable bonds is 5. The van der Waals surface area contributed by atoms with Crippen LogP contribution < -0.4 is 5.32 Å². The molecule has 2 amide bonds. The summed E-state index contributed by atoms with van der Waals surface area (Å²) in [5, 5.41) is 11.5. The molecule has 0 aromatic rings. The number of aliphatic carboxylic acids is 1. The Morgan fingerprint density at radius 3 is 2.62 bits per heavy atom. The van der Waals surface area contributed by atoms with Gasteiger partial charge in [-0.3, -0.25) is 4.79 Å². The van der Waals surface area contributed by atoms with E-state index in [-0.39, 0.29) is 6.42 Å². The van der Waals surface area contributed by atoms with Gasteiger partial charge < -0.3 is 20.1 Å². The number of carbonyl (C=O) groups is 3. The highest BCUT2D eigenvalue weighted by atomic mass is 16.5. The predicted molar refractivity (Wildman–Crippen MR) is 75.8 cm³/mol. The number of nitrogens with one attached hydrogen (secondary N) is 1. The smallest absolute Gasteiger partial charge is 0.326 e. The Hall–Kier alpha value is -1.79. The number of likely N-dealkylation sites (tertiary alicyclic amines) is 1. The van der Waals surface area contributed by atoms with E-state index >= 15 is 0 Å². The zero-order chi connectivity index (χ0) is 15.8. The molecule has 7 heteroatoms. The fourth-order valence-electron chi connectivity index (χ4n) is 2.47. The molecule has 0 aromatic carbocycles. The maximum Gasteiger partial charge on any atom is 0.326 e. The molecule has 0 aromatic heterocycles. The van der Waals surface area contributed by atoms with E-state index in [1.165, 1.54) is 7.11 Å². The zero-order valence-electron chi connectivity index (χ0n) is 12.6. The van der Waals surface area contributed by atoms with Crippen LogP contribution >= 0.6 is 0 Å². The van der Waals surface area contributed by atoms with Crippen LogP contribution in [-0.4, -0.2) is 54.2 Å². The number of carbonyl (C=O) groups excluding carboxylic acids is 2. The molecule has 0 radical (unpaired) electrons. The largest absolute Gasteiger partial charge is 0.480 e. The van der Waals surface area contributed by atoms with Gasteiger partial charge >= 0.3 is 18.0 Å². The number of urea groups is 1. The fraction of sp³-hybridized carbons (Fsp3) is 0.786. The van der Waals surface area contributed by atoms with E-state index in [1.807, 2.05) is 0 Å². The average Bonchev–Trinajstić information content (AvgIpc) is 2.71. The normalized spacial score (nSPS) is 20.3. The summed E-state index contributed by atoms with van der Waals surface area (Å²) < 4.78 is 4.44. The van der Waals surface area contributed by atoms with Crippen molar-refractivity contribution in [3.8, 4) is 0 Å². The molecule has 7 nitrogen and oxygen atoms in total. The number of carboxylic acids is 1. The van der Waals surface area contributed by atoms with Crippen molar-refractivity contribution in [2.45, 2.75) is 45.1 Å². The SMILES string of the molecule is CCC1CCCN(C(=O)N[C@@H](CC(=O)OC)C(=O)O)CC1. The highest BCUT2D eigenvalue weighted by Gasteiger charge is 2.27. The molecule has 1 unspecified atom stereocenters. The van der Waals surface area contributed by atoms with Crippen LogP contribution in [0.5, 0.6) is 0 Å². The number of nitrogens with zero attached hydrogens (tertiary/aromatic N) is 1. The number of carboxylic acid groups (broad SMARTS) is 1. The summed E-state index contributed by atoms with van der Waals surface area (Å²) in [6, 6.07) is -1.68. The number of methoxy groups -OCH3 is 1. The second kappa shape index (κ2) is 8.49. The van der Waals surface area contributed by atoms with Crippen LogP contribution in [0.1, 0.15) is 39.0 Å². The summed E-state index contributed by atoms with van der Waals surface area (Å²) in [7, 11) is 1.18. The van der Waals surface area contributed by atoms with Crippen LogP contribution in [0.15, 0.2) is 0 Å². The zero-order valence-corrected chi connectivity index (χ0v) is 12.6. The van der Waals surface area contributed by atoms with Crippen molar-refractivity contribution < 1.29 is 24.2 Å². The molecule has 0 bridgehead atoms. The molecule has 21 heavy (non-hydrogen) atoms. The second-order valence-electron chi connectivity index (χ2n) is 5.31. The summed E-state index contributed by atoms with van der Waals surface area (Å²) in [6.45, 7) is 3.37. The van der Waals surface area contributed by atoms with Gasteiger partial charge in [0.2, 0.25) is 0 Å². The number of hydrogen-bond acceptors (Lipinski definition) is 4. The van der Waals surface area contributed by atoms with Gasteiger partial charge in [-0.1, -0.05) is 13.3 Å². The van der Waals surface area contributed by atoms with E-state index in [9.17, 15) is 14.4 Å². The Kier molecular flexibility index (Phi) is 6.98. The van der Waals surface area contributed by atoms with Gasteiger partial charge in [0.15, 0.2) is 0 Å². The highest BCUT2D eigenvalue weighted by Crippen LogP contribution is 2.20. The first-order valence-corrected chi connectivity index (χ1v) is 7.33. The molecule has 0 spiro atoms. The Balaban J connectivity index is 2.56. The molecule has 1 heterocycles. The third-order valence-electron chi connectivity index (χ3n) is 3.91. The predicted octanol–water partition coefficient (Wildman–Crippen LogP) is 1.22. The van der Waals surface area contributed by atoms with Crippen LogP contribution in [0.25, 0.3) is 0 Å². The van der Waals surface area contributed by atoms with E-state index in [2.05, 4.69) is 17.0 Å². The first kappa shape index (κ1) is 17.3. The molecule has 2 atom stereocenters. The van der Waals surface area contributed by atoms with Crippen molar-refractivity contribution in [2.24, 2.45) is 5.92 Å². The van der Waals surface area contributed by atoms with Crippen molar-refractivity contribution >= 4 is 18.0 Å². The van der Waals surface area contributed by atoms with Crippen molar-refractivity contribution in [3.63, 3.8) is 0 Å². The number of ether oxygens (including phenoxy) is 1. The van der Waals surface area contributed by atoms with E-state index < -0.39 is 24.0 Å². The van der Waals surface area contributed by atoms with E-state index in [4.69, 9.17) is 5.11 Å². The first-order valence-electron chi connectivity index (χ1n) is 7.33. The molecule has 0 aliphatic carbocycles. The molecule has 1 rings (SSSR count). The molecule has 1 aliphatic heterocycles.